The van der Waals surface area contributed by atoms with Crippen LogP contribution in [-0.2, 0) is 26.2 Å². The van der Waals surface area contributed by atoms with Gasteiger partial charge in [0.15, 0.2) is 0 Å². The zero-order valence-corrected chi connectivity index (χ0v) is 28.7. The van der Waals surface area contributed by atoms with Gasteiger partial charge in [0, 0.05) is 27.5 Å². The second kappa shape index (κ2) is 16.4. The quantitative estimate of drug-likeness (QED) is 0.173. The maximum absolute atomic E-state index is 14.3. The van der Waals surface area contributed by atoms with Crippen molar-refractivity contribution in [2.75, 3.05) is 23.7 Å². The van der Waals surface area contributed by atoms with E-state index in [0.29, 0.717) is 27.8 Å². The van der Waals surface area contributed by atoms with Crippen LogP contribution < -0.4 is 14.4 Å². The summed E-state index contributed by atoms with van der Waals surface area (Å²) in [6.45, 7) is 7.09. The SMILES string of the molecule is CCOc1ccccc1N(CC(=O)N(Cc1ccc(Cl)cc1Cl)[C@H](CC)C(=O)N[C@@H](C)CC)S(=O)(=O)c1ccc(SC)cc1. The van der Waals surface area contributed by atoms with Crippen LogP contribution in [0.25, 0.3) is 0 Å². The van der Waals surface area contributed by atoms with E-state index < -0.39 is 28.5 Å². The number of para-hydroxylation sites is 2. The molecule has 3 aromatic carbocycles. The van der Waals surface area contributed by atoms with Gasteiger partial charge in [-0.25, -0.2) is 8.42 Å². The summed E-state index contributed by atoms with van der Waals surface area (Å²) >= 11 is 14.1. The van der Waals surface area contributed by atoms with Crippen LogP contribution >= 0.6 is 35.0 Å². The molecule has 0 radical (unpaired) electrons. The topological polar surface area (TPSA) is 96.0 Å². The molecule has 0 fully saturated rings. The van der Waals surface area contributed by atoms with Crippen molar-refractivity contribution < 1.29 is 22.7 Å². The number of amides is 2. The molecule has 44 heavy (non-hydrogen) atoms. The van der Waals surface area contributed by atoms with Crippen molar-refractivity contribution in [2.24, 2.45) is 0 Å². The molecule has 3 rings (SSSR count). The van der Waals surface area contributed by atoms with E-state index in [1.807, 2.05) is 20.1 Å². The number of rotatable bonds is 15. The highest BCUT2D eigenvalue weighted by Crippen LogP contribution is 2.33. The number of anilines is 1. The molecule has 0 saturated carbocycles. The molecule has 0 bridgehead atoms. The second-order valence-corrected chi connectivity index (χ2v) is 13.7. The molecule has 0 heterocycles. The third-order valence-corrected chi connectivity index (χ3v) is 10.2. The van der Waals surface area contributed by atoms with Gasteiger partial charge in [-0.05, 0) is 87.0 Å². The number of carbonyl (C=O) groups excluding carboxylic acids is 2. The van der Waals surface area contributed by atoms with Crippen LogP contribution in [0.1, 0.15) is 46.1 Å². The Labute approximate surface area is 275 Å². The predicted octanol–water partition coefficient (Wildman–Crippen LogP) is 7.03. The van der Waals surface area contributed by atoms with Gasteiger partial charge in [-0.3, -0.25) is 13.9 Å². The van der Waals surface area contributed by atoms with Crippen molar-refractivity contribution in [3.63, 3.8) is 0 Å². The zero-order chi connectivity index (χ0) is 32.4. The number of carbonyl (C=O) groups is 2. The Bertz CT molecular complexity index is 1540. The van der Waals surface area contributed by atoms with Crippen LogP contribution in [0.5, 0.6) is 5.75 Å². The molecule has 0 aromatic heterocycles. The summed E-state index contributed by atoms with van der Waals surface area (Å²) in [6, 6.07) is 17.0. The third-order valence-electron chi connectivity index (χ3n) is 7.10. The van der Waals surface area contributed by atoms with Crippen LogP contribution in [0.4, 0.5) is 5.69 Å². The maximum Gasteiger partial charge on any atom is 0.264 e. The smallest absolute Gasteiger partial charge is 0.264 e. The molecule has 0 aliphatic heterocycles. The summed E-state index contributed by atoms with van der Waals surface area (Å²) in [5.74, 6) is -0.615. The van der Waals surface area contributed by atoms with E-state index in [0.717, 1.165) is 9.20 Å². The predicted molar refractivity (Wildman–Crippen MR) is 179 cm³/mol. The molecule has 8 nitrogen and oxygen atoms in total. The summed E-state index contributed by atoms with van der Waals surface area (Å²) in [5, 5.41) is 3.72. The van der Waals surface area contributed by atoms with Crippen LogP contribution in [0, 0.1) is 0 Å². The lowest BCUT2D eigenvalue weighted by atomic mass is 10.1. The number of hydrogen-bond donors (Lipinski definition) is 1. The third kappa shape index (κ3) is 8.84. The van der Waals surface area contributed by atoms with Crippen molar-refractivity contribution in [1.82, 2.24) is 10.2 Å². The van der Waals surface area contributed by atoms with Gasteiger partial charge in [0.25, 0.3) is 10.0 Å². The average Bonchev–Trinajstić information content (AvgIpc) is 3.01. The highest BCUT2D eigenvalue weighted by atomic mass is 35.5. The highest BCUT2D eigenvalue weighted by Gasteiger charge is 2.35. The Hall–Kier alpha value is -2.92. The number of hydrogen-bond acceptors (Lipinski definition) is 6. The Morgan fingerprint density at radius 2 is 1.66 bits per heavy atom. The fourth-order valence-electron chi connectivity index (χ4n) is 4.52. The molecular formula is C32H39Cl2N3O5S2. The van der Waals surface area contributed by atoms with Crippen molar-refractivity contribution in [1.29, 1.82) is 0 Å². The number of benzene rings is 3. The van der Waals surface area contributed by atoms with E-state index in [9.17, 15) is 18.0 Å². The summed E-state index contributed by atoms with van der Waals surface area (Å²) in [7, 11) is -4.26. The van der Waals surface area contributed by atoms with Gasteiger partial charge in [0.2, 0.25) is 11.8 Å². The number of sulfonamides is 1. The van der Waals surface area contributed by atoms with Gasteiger partial charge in [-0.15, -0.1) is 11.8 Å². The molecule has 0 unspecified atom stereocenters. The Morgan fingerprint density at radius 3 is 2.25 bits per heavy atom. The first-order valence-corrected chi connectivity index (χ1v) is 17.8. The largest absolute Gasteiger partial charge is 0.492 e. The fraction of sp³-hybridized carbons (Fsp3) is 0.375. The Kier molecular flexibility index (Phi) is 13.3. The standard InChI is InChI=1S/C32H39Cl2N3O5S2/c1-6-22(4)35-32(39)28(7-2)36(20-23-13-14-24(33)19-27(23)34)31(38)21-37(29-11-9-10-12-30(29)42-8-3)44(40,41)26-17-15-25(43-5)16-18-26/h9-19,22,28H,6-8,20-21H2,1-5H3,(H,35,39)/t22-,28+/m0/s1. The first-order valence-electron chi connectivity index (χ1n) is 14.4. The number of nitrogens with one attached hydrogen (secondary N) is 1. The van der Waals surface area contributed by atoms with Crippen LogP contribution in [0.2, 0.25) is 10.0 Å². The van der Waals surface area contributed by atoms with E-state index in [2.05, 4.69) is 5.32 Å². The molecule has 12 heteroatoms. The molecule has 2 amide bonds. The van der Waals surface area contributed by atoms with Crippen molar-refractivity contribution in [3.8, 4) is 5.75 Å². The lowest BCUT2D eigenvalue weighted by molar-refractivity contribution is -0.140. The van der Waals surface area contributed by atoms with E-state index in [4.69, 9.17) is 27.9 Å². The maximum atomic E-state index is 14.3. The van der Waals surface area contributed by atoms with E-state index >= 15 is 0 Å². The molecule has 0 saturated heterocycles. The molecule has 3 aromatic rings. The summed E-state index contributed by atoms with van der Waals surface area (Å²) < 4.78 is 35.3. The lowest BCUT2D eigenvalue weighted by Gasteiger charge is -2.34. The molecule has 1 N–H and O–H groups in total. The Balaban J connectivity index is 2.14. The molecule has 238 valence electrons. The first kappa shape index (κ1) is 35.6. The van der Waals surface area contributed by atoms with Gasteiger partial charge < -0.3 is 15.0 Å². The van der Waals surface area contributed by atoms with Gasteiger partial charge in [-0.2, -0.15) is 0 Å². The molecule has 0 aliphatic carbocycles. The Morgan fingerprint density at radius 1 is 0.977 bits per heavy atom. The molecular weight excluding hydrogens is 641 g/mol. The van der Waals surface area contributed by atoms with Gasteiger partial charge in [-0.1, -0.05) is 55.2 Å². The van der Waals surface area contributed by atoms with E-state index in [1.54, 1.807) is 68.4 Å². The number of ether oxygens (including phenoxy) is 1. The molecule has 0 aliphatic rings. The zero-order valence-electron chi connectivity index (χ0n) is 25.5. The second-order valence-electron chi connectivity index (χ2n) is 10.1. The van der Waals surface area contributed by atoms with E-state index in [1.165, 1.54) is 28.8 Å². The first-order chi connectivity index (χ1) is 21.0. The summed E-state index contributed by atoms with van der Waals surface area (Å²) in [5.41, 5.74) is 0.772. The minimum Gasteiger partial charge on any atom is -0.492 e. The van der Waals surface area contributed by atoms with Crippen LogP contribution in [0.3, 0.4) is 0 Å². The number of halogens is 2. The molecule has 0 spiro atoms. The van der Waals surface area contributed by atoms with Gasteiger partial charge >= 0.3 is 0 Å². The summed E-state index contributed by atoms with van der Waals surface area (Å²) in [4.78, 5) is 30.1. The normalized spacial score (nSPS) is 12.7. The van der Waals surface area contributed by atoms with Crippen molar-refractivity contribution in [3.05, 3.63) is 82.3 Å². The van der Waals surface area contributed by atoms with Crippen molar-refractivity contribution in [2.45, 2.75) is 69.0 Å². The van der Waals surface area contributed by atoms with Gasteiger partial charge in [0.05, 0.1) is 17.2 Å². The van der Waals surface area contributed by atoms with Gasteiger partial charge in [0.1, 0.15) is 18.3 Å². The summed E-state index contributed by atoms with van der Waals surface area (Å²) in [6.07, 6.45) is 2.89. The monoisotopic (exact) mass is 679 g/mol. The van der Waals surface area contributed by atoms with Crippen LogP contribution in [-0.4, -0.2) is 56.6 Å². The minimum atomic E-state index is -4.26. The van der Waals surface area contributed by atoms with E-state index in [-0.39, 0.29) is 42.1 Å². The lowest BCUT2D eigenvalue weighted by Crippen LogP contribution is -2.53. The number of nitrogens with zero attached hydrogens (tertiary/aromatic N) is 2. The van der Waals surface area contributed by atoms with Crippen LogP contribution in [0.15, 0.2) is 76.5 Å². The van der Waals surface area contributed by atoms with Crippen molar-refractivity contribution >= 4 is 62.5 Å². The highest BCUT2D eigenvalue weighted by molar-refractivity contribution is 7.98. The molecule has 2 atom stereocenters. The minimum absolute atomic E-state index is 0.0169. The number of thioether (sulfide) groups is 1. The average molecular weight is 681 g/mol. The fourth-order valence-corrected chi connectivity index (χ4v) is 6.82.